The number of rotatable bonds is 4. The maximum atomic E-state index is 12.5. The molecule has 7 heteroatoms. The van der Waals surface area contributed by atoms with Crippen LogP contribution in [-0.4, -0.2) is 45.5 Å². The number of amides is 2. The van der Waals surface area contributed by atoms with Crippen LogP contribution in [0, 0.1) is 13.8 Å². The zero-order chi connectivity index (χ0) is 18.0. The Balaban J connectivity index is 1.49. The molecule has 25 heavy (non-hydrogen) atoms. The molecule has 1 saturated heterocycles. The standard InChI is InChI=1S/C18H27N5O2/c1-12(17-13(2)21-25-14(17)3)11-19-18(24)23-9-6-15(7-10-23)16-5-8-20-22(16)4/h5,8,12,15H,6-7,9-11H2,1-4H3,(H,19,24)/t12-/m1/s1. The van der Waals surface area contributed by atoms with E-state index in [4.69, 9.17) is 4.52 Å². The van der Waals surface area contributed by atoms with Crippen LogP contribution in [-0.2, 0) is 7.05 Å². The fourth-order valence-corrected chi connectivity index (χ4v) is 3.81. The number of nitrogens with one attached hydrogen (secondary N) is 1. The summed E-state index contributed by atoms with van der Waals surface area (Å²) in [5.41, 5.74) is 3.25. The lowest BCUT2D eigenvalue weighted by Crippen LogP contribution is -2.45. The van der Waals surface area contributed by atoms with Crippen molar-refractivity contribution in [3.8, 4) is 0 Å². The zero-order valence-corrected chi connectivity index (χ0v) is 15.5. The Kier molecular flexibility index (Phi) is 5.11. The van der Waals surface area contributed by atoms with E-state index in [1.807, 2.05) is 36.7 Å². The van der Waals surface area contributed by atoms with Crippen LogP contribution in [0.4, 0.5) is 4.79 Å². The van der Waals surface area contributed by atoms with Crippen LogP contribution in [0.25, 0.3) is 0 Å². The van der Waals surface area contributed by atoms with E-state index in [0.29, 0.717) is 12.5 Å². The van der Waals surface area contributed by atoms with Crippen molar-refractivity contribution < 1.29 is 9.32 Å². The van der Waals surface area contributed by atoms with E-state index in [-0.39, 0.29) is 11.9 Å². The van der Waals surface area contributed by atoms with Crippen molar-refractivity contribution in [3.63, 3.8) is 0 Å². The summed E-state index contributed by atoms with van der Waals surface area (Å²) in [7, 11) is 1.98. The van der Waals surface area contributed by atoms with Crippen LogP contribution in [0.1, 0.15) is 54.3 Å². The second-order valence-electron chi connectivity index (χ2n) is 6.97. The highest BCUT2D eigenvalue weighted by Crippen LogP contribution is 2.27. The van der Waals surface area contributed by atoms with Gasteiger partial charge in [-0.3, -0.25) is 4.68 Å². The smallest absolute Gasteiger partial charge is 0.317 e. The molecular weight excluding hydrogens is 318 g/mol. The lowest BCUT2D eigenvalue weighted by Gasteiger charge is -2.32. The molecule has 7 nitrogen and oxygen atoms in total. The van der Waals surface area contributed by atoms with Crippen molar-refractivity contribution in [2.45, 2.75) is 45.4 Å². The Labute approximate surface area is 148 Å². The summed E-state index contributed by atoms with van der Waals surface area (Å²) in [5, 5.41) is 11.3. The number of carbonyl (C=O) groups excluding carboxylic acids is 1. The molecule has 0 aliphatic carbocycles. The van der Waals surface area contributed by atoms with Crippen molar-refractivity contribution in [2.75, 3.05) is 19.6 Å². The monoisotopic (exact) mass is 345 g/mol. The molecule has 2 aromatic heterocycles. The first kappa shape index (κ1) is 17.5. The number of piperidine rings is 1. The summed E-state index contributed by atoms with van der Waals surface area (Å²) in [6.07, 6.45) is 3.79. The Morgan fingerprint density at radius 2 is 2.12 bits per heavy atom. The highest BCUT2D eigenvalue weighted by Gasteiger charge is 2.26. The Hall–Kier alpha value is -2.31. The Morgan fingerprint density at radius 1 is 1.40 bits per heavy atom. The number of aryl methyl sites for hydroxylation is 3. The molecular formula is C18H27N5O2. The summed E-state index contributed by atoms with van der Waals surface area (Å²) in [6, 6.07) is 2.09. The highest BCUT2D eigenvalue weighted by molar-refractivity contribution is 5.74. The average Bonchev–Trinajstić information content (AvgIpc) is 3.18. The second kappa shape index (κ2) is 7.29. The molecule has 0 bridgehead atoms. The van der Waals surface area contributed by atoms with Gasteiger partial charge in [0.25, 0.3) is 0 Å². The topological polar surface area (TPSA) is 76.2 Å². The maximum absolute atomic E-state index is 12.5. The van der Waals surface area contributed by atoms with E-state index in [0.717, 1.165) is 42.9 Å². The number of aromatic nitrogens is 3. The van der Waals surface area contributed by atoms with Crippen LogP contribution < -0.4 is 5.32 Å². The third-order valence-corrected chi connectivity index (χ3v) is 5.20. The second-order valence-corrected chi connectivity index (χ2v) is 6.97. The fourth-order valence-electron chi connectivity index (χ4n) is 3.81. The SMILES string of the molecule is Cc1noc(C)c1[C@H](C)CNC(=O)N1CCC(c2ccnn2C)CC1. The minimum atomic E-state index is 0.0158. The van der Waals surface area contributed by atoms with Crippen LogP contribution in [0.5, 0.6) is 0 Å². The minimum absolute atomic E-state index is 0.0158. The molecule has 1 fully saturated rings. The molecule has 1 N–H and O–H groups in total. The van der Waals surface area contributed by atoms with Gasteiger partial charge in [-0.1, -0.05) is 12.1 Å². The third-order valence-electron chi connectivity index (χ3n) is 5.20. The molecule has 2 amide bonds. The lowest BCUT2D eigenvalue weighted by molar-refractivity contribution is 0.180. The Morgan fingerprint density at radius 3 is 2.68 bits per heavy atom. The number of hydrogen-bond acceptors (Lipinski definition) is 4. The molecule has 0 unspecified atom stereocenters. The first-order valence-corrected chi connectivity index (χ1v) is 8.90. The van der Waals surface area contributed by atoms with Crippen LogP contribution in [0.3, 0.4) is 0 Å². The summed E-state index contributed by atoms with van der Waals surface area (Å²) in [6.45, 7) is 8.08. The number of urea groups is 1. The Bertz CT molecular complexity index is 708. The molecule has 2 aromatic rings. The van der Waals surface area contributed by atoms with Gasteiger partial charge in [-0.15, -0.1) is 0 Å². The van der Waals surface area contributed by atoms with Gasteiger partial charge in [0.15, 0.2) is 0 Å². The zero-order valence-electron chi connectivity index (χ0n) is 15.5. The summed E-state index contributed by atoms with van der Waals surface area (Å²) >= 11 is 0. The van der Waals surface area contributed by atoms with Crippen LogP contribution in [0.15, 0.2) is 16.8 Å². The molecule has 0 aromatic carbocycles. The summed E-state index contributed by atoms with van der Waals surface area (Å²) in [5.74, 6) is 1.50. The molecule has 0 spiro atoms. The lowest BCUT2D eigenvalue weighted by atomic mass is 9.93. The number of carbonyl (C=O) groups is 1. The van der Waals surface area contributed by atoms with Gasteiger partial charge in [-0.2, -0.15) is 5.10 Å². The molecule has 0 saturated carbocycles. The molecule has 1 aliphatic rings. The van der Waals surface area contributed by atoms with E-state index >= 15 is 0 Å². The minimum Gasteiger partial charge on any atom is -0.361 e. The van der Waals surface area contributed by atoms with E-state index in [2.05, 4.69) is 28.6 Å². The van der Waals surface area contributed by atoms with Crippen molar-refractivity contribution in [1.29, 1.82) is 0 Å². The summed E-state index contributed by atoms with van der Waals surface area (Å²) < 4.78 is 7.15. The molecule has 3 heterocycles. The molecule has 1 atom stereocenters. The van der Waals surface area contributed by atoms with Crippen molar-refractivity contribution in [2.24, 2.45) is 7.05 Å². The summed E-state index contributed by atoms with van der Waals surface area (Å²) in [4.78, 5) is 14.4. The van der Waals surface area contributed by atoms with Crippen molar-refractivity contribution in [1.82, 2.24) is 25.2 Å². The molecule has 3 rings (SSSR count). The van der Waals surface area contributed by atoms with Gasteiger partial charge in [0.2, 0.25) is 0 Å². The number of hydrogen-bond donors (Lipinski definition) is 1. The number of likely N-dealkylation sites (tertiary alicyclic amines) is 1. The highest BCUT2D eigenvalue weighted by atomic mass is 16.5. The molecule has 1 aliphatic heterocycles. The van der Waals surface area contributed by atoms with Gasteiger partial charge >= 0.3 is 6.03 Å². The largest absolute Gasteiger partial charge is 0.361 e. The van der Waals surface area contributed by atoms with Crippen LogP contribution >= 0.6 is 0 Å². The molecule has 136 valence electrons. The van der Waals surface area contributed by atoms with E-state index < -0.39 is 0 Å². The van der Waals surface area contributed by atoms with Gasteiger partial charge < -0.3 is 14.7 Å². The van der Waals surface area contributed by atoms with Gasteiger partial charge in [0.05, 0.1) is 5.69 Å². The normalized spacial score (nSPS) is 16.9. The van der Waals surface area contributed by atoms with E-state index in [1.54, 1.807) is 0 Å². The van der Waals surface area contributed by atoms with Crippen molar-refractivity contribution in [3.05, 3.63) is 35.0 Å². The van der Waals surface area contributed by atoms with E-state index in [9.17, 15) is 4.79 Å². The predicted octanol–water partition coefficient (Wildman–Crippen LogP) is 2.72. The average molecular weight is 345 g/mol. The van der Waals surface area contributed by atoms with Gasteiger partial charge in [0.1, 0.15) is 5.76 Å². The number of nitrogens with zero attached hydrogens (tertiary/aromatic N) is 4. The first-order valence-electron chi connectivity index (χ1n) is 8.90. The van der Waals surface area contributed by atoms with Gasteiger partial charge in [0, 0.05) is 56.0 Å². The van der Waals surface area contributed by atoms with Gasteiger partial charge in [-0.25, -0.2) is 4.79 Å². The fraction of sp³-hybridized carbons (Fsp3) is 0.611. The first-order chi connectivity index (χ1) is 12.0. The quantitative estimate of drug-likeness (QED) is 0.924. The van der Waals surface area contributed by atoms with Crippen LogP contribution in [0.2, 0.25) is 0 Å². The molecule has 0 radical (unpaired) electrons. The van der Waals surface area contributed by atoms with Gasteiger partial charge in [-0.05, 0) is 32.8 Å². The van der Waals surface area contributed by atoms with Crippen molar-refractivity contribution >= 4 is 6.03 Å². The predicted molar refractivity (Wildman–Crippen MR) is 94.5 cm³/mol. The maximum Gasteiger partial charge on any atom is 0.317 e. The van der Waals surface area contributed by atoms with E-state index in [1.165, 1.54) is 5.69 Å². The third kappa shape index (κ3) is 3.70.